The predicted molar refractivity (Wildman–Crippen MR) is 76.6 cm³/mol. The maximum atomic E-state index is 12.4. The fourth-order valence-corrected chi connectivity index (χ4v) is 2.78. The molecule has 1 saturated heterocycles. The van der Waals surface area contributed by atoms with Crippen molar-refractivity contribution in [2.75, 3.05) is 19.7 Å². The monoisotopic (exact) mass is 275 g/mol. The fraction of sp³-hybridized carbons (Fsp3) is 0.562. The Bertz CT molecular complexity index is 518. The zero-order chi connectivity index (χ0) is 14.2. The van der Waals surface area contributed by atoms with Crippen molar-refractivity contribution in [2.45, 2.75) is 32.3 Å². The van der Waals surface area contributed by atoms with Gasteiger partial charge in [0.2, 0.25) is 0 Å². The Balaban J connectivity index is 1.82. The van der Waals surface area contributed by atoms with Gasteiger partial charge in [0.1, 0.15) is 17.1 Å². The molecule has 2 aliphatic heterocycles. The lowest BCUT2D eigenvalue weighted by Crippen LogP contribution is -2.43. The van der Waals surface area contributed by atoms with Crippen molar-refractivity contribution in [3.8, 4) is 11.5 Å². The highest BCUT2D eigenvalue weighted by Crippen LogP contribution is 2.38. The number of fused-ring (bicyclic) bond motifs is 1. The number of benzene rings is 1. The zero-order valence-corrected chi connectivity index (χ0v) is 12.1. The molecule has 108 valence electrons. The van der Waals surface area contributed by atoms with Crippen LogP contribution in [0, 0.1) is 5.92 Å². The summed E-state index contributed by atoms with van der Waals surface area (Å²) in [6.45, 7) is 6.52. The van der Waals surface area contributed by atoms with E-state index in [0.717, 1.165) is 25.3 Å². The highest BCUT2D eigenvalue weighted by atomic mass is 16.5. The molecular weight excluding hydrogens is 254 g/mol. The molecule has 4 heteroatoms. The summed E-state index contributed by atoms with van der Waals surface area (Å²) in [6.07, 6.45) is 1.35. The van der Waals surface area contributed by atoms with Gasteiger partial charge in [-0.05, 0) is 30.7 Å². The molecule has 20 heavy (non-hydrogen) atoms. The van der Waals surface area contributed by atoms with Gasteiger partial charge in [-0.1, -0.05) is 13.8 Å². The maximum Gasteiger partial charge on any atom is 0.170 e. The van der Waals surface area contributed by atoms with Gasteiger partial charge in [-0.3, -0.25) is 4.79 Å². The Hall–Kier alpha value is -1.55. The molecule has 0 aromatic heterocycles. The molecule has 0 aliphatic carbocycles. The SMILES string of the molecule is CC(C)COc1ccc2c(c1)C(=O)CC1(CCNC1)O2. The topological polar surface area (TPSA) is 47.6 Å². The second kappa shape index (κ2) is 5.09. The Labute approximate surface area is 119 Å². The van der Waals surface area contributed by atoms with Crippen LogP contribution in [0.4, 0.5) is 0 Å². The summed E-state index contributed by atoms with van der Waals surface area (Å²) in [5, 5.41) is 3.28. The smallest absolute Gasteiger partial charge is 0.170 e. The van der Waals surface area contributed by atoms with Gasteiger partial charge in [-0.25, -0.2) is 0 Å². The Morgan fingerprint density at radius 2 is 2.30 bits per heavy atom. The summed E-state index contributed by atoms with van der Waals surface area (Å²) in [4.78, 5) is 12.4. The molecule has 0 amide bonds. The molecule has 4 nitrogen and oxygen atoms in total. The average molecular weight is 275 g/mol. The van der Waals surface area contributed by atoms with E-state index in [2.05, 4.69) is 19.2 Å². The Morgan fingerprint density at radius 1 is 1.45 bits per heavy atom. The van der Waals surface area contributed by atoms with E-state index in [-0.39, 0.29) is 11.4 Å². The van der Waals surface area contributed by atoms with E-state index in [1.165, 1.54) is 0 Å². The lowest BCUT2D eigenvalue weighted by Gasteiger charge is -2.34. The molecule has 2 aliphatic rings. The van der Waals surface area contributed by atoms with E-state index >= 15 is 0 Å². The molecule has 0 radical (unpaired) electrons. The summed E-state index contributed by atoms with van der Waals surface area (Å²) < 4.78 is 11.8. The standard InChI is InChI=1S/C16H21NO3/c1-11(2)9-19-12-3-4-15-13(7-12)14(18)8-16(20-15)5-6-17-10-16/h3-4,7,11,17H,5-6,8-10H2,1-2H3. The van der Waals surface area contributed by atoms with Crippen molar-refractivity contribution >= 4 is 5.78 Å². The summed E-state index contributed by atoms with van der Waals surface area (Å²) in [6, 6.07) is 5.56. The quantitative estimate of drug-likeness (QED) is 0.920. The second-order valence-corrected chi connectivity index (χ2v) is 6.17. The van der Waals surface area contributed by atoms with Crippen LogP contribution in [0.3, 0.4) is 0 Å². The van der Waals surface area contributed by atoms with E-state index in [1.807, 2.05) is 18.2 Å². The molecular formula is C16H21NO3. The van der Waals surface area contributed by atoms with Gasteiger partial charge in [0, 0.05) is 13.0 Å². The third-order valence-electron chi connectivity index (χ3n) is 3.85. The highest BCUT2D eigenvalue weighted by Gasteiger charge is 2.42. The van der Waals surface area contributed by atoms with Crippen LogP contribution in [0.15, 0.2) is 18.2 Å². The first-order chi connectivity index (χ1) is 9.58. The molecule has 0 saturated carbocycles. The molecule has 1 aromatic carbocycles. The van der Waals surface area contributed by atoms with Crippen molar-refractivity contribution < 1.29 is 14.3 Å². The number of ketones is 1. The van der Waals surface area contributed by atoms with Crippen LogP contribution in [0.1, 0.15) is 37.0 Å². The molecule has 1 N–H and O–H groups in total. The Morgan fingerprint density at radius 3 is 3.00 bits per heavy atom. The van der Waals surface area contributed by atoms with Crippen molar-refractivity contribution in [2.24, 2.45) is 5.92 Å². The summed E-state index contributed by atoms with van der Waals surface area (Å²) in [5.74, 6) is 2.06. The fourth-order valence-electron chi connectivity index (χ4n) is 2.78. The van der Waals surface area contributed by atoms with Crippen molar-refractivity contribution in [3.63, 3.8) is 0 Å². The number of rotatable bonds is 3. The van der Waals surface area contributed by atoms with Gasteiger partial charge in [0.05, 0.1) is 18.6 Å². The number of nitrogens with one attached hydrogen (secondary N) is 1. The largest absolute Gasteiger partial charge is 0.493 e. The molecule has 0 bridgehead atoms. The number of carbonyl (C=O) groups excluding carboxylic acids is 1. The van der Waals surface area contributed by atoms with Gasteiger partial charge in [-0.2, -0.15) is 0 Å². The minimum Gasteiger partial charge on any atom is -0.493 e. The van der Waals surface area contributed by atoms with Gasteiger partial charge in [0.25, 0.3) is 0 Å². The number of ether oxygens (including phenoxy) is 2. The van der Waals surface area contributed by atoms with E-state index in [1.54, 1.807) is 0 Å². The second-order valence-electron chi connectivity index (χ2n) is 6.17. The molecule has 3 rings (SSSR count). The Kier molecular flexibility index (Phi) is 3.42. The minimum atomic E-state index is -0.329. The predicted octanol–water partition coefficient (Wildman–Crippen LogP) is 2.42. The van der Waals surface area contributed by atoms with Gasteiger partial charge >= 0.3 is 0 Å². The lowest BCUT2D eigenvalue weighted by atomic mass is 9.89. The molecule has 1 fully saturated rings. The van der Waals surface area contributed by atoms with Gasteiger partial charge < -0.3 is 14.8 Å². The van der Waals surface area contributed by atoms with Gasteiger partial charge in [-0.15, -0.1) is 0 Å². The summed E-state index contributed by atoms with van der Waals surface area (Å²) >= 11 is 0. The van der Waals surface area contributed by atoms with Gasteiger partial charge in [0.15, 0.2) is 5.78 Å². The van der Waals surface area contributed by atoms with Crippen LogP contribution in [0.5, 0.6) is 11.5 Å². The van der Waals surface area contributed by atoms with E-state index < -0.39 is 0 Å². The molecule has 1 atom stereocenters. The highest BCUT2D eigenvalue weighted by molar-refractivity contribution is 6.00. The molecule has 1 spiro atoms. The van der Waals surface area contributed by atoms with Crippen LogP contribution in [-0.2, 0) is 0 Å². The maximum absolute atomic E-state index is 12.4. The van der Waals surface area contributed by atoms with E-state index in [4.69, 9.17) is 9.47 Å². The number of carbonyl (C=O) groups is 1. The first-order valence-corrected chi connectivity index (χ1v) is 7.28. The number of Topliss-reactive ketones (excluding diaryl/α,β-unsaturated/α-hetero) is 1. The molecule has 1 aromatic rings. The van der Waals surface area contributed by atoms with E-state index in [0.29, 0.717) is 30.3 Å². The third-order valence-corrected chi connectivity index (χ3v) is 3.85. The minimum absolute atomic E-state index is 0.157. The number of hydrogen-bond donors (Lipinski definition) is 1. The molecule has 2 heterocycles. The van der Waals surface area contributed by atoms with Crippen molar-refractivity contribution in [1.29, 1.82) is 0 Å². The van der Waals surface area contributed by atoms with E-state index in [9.17, 15) is 4.79 Å². The lowest BCUT2D eigenvalue weighted by molar-refractivity contribution is 0.0527. The average Bonchev–Trinajstić information content (AvgIpc) is 2.84. The first-order valence-electron chi connectivity index (χ1n) is 7.28. The van der Waals surface area contributed by atoms with Crippen LogP contribution >= 0.6 is 0 Å². The normalized spacial score (nSPS) is 24.9. The van der Waals surface area contributed by atoms with Crippen LogP contribution in [-0.4, -0.2) is 31.1 Å². The zero-order valence-electron chi connectivity index (χ0n) is 12.1. The third kappa shape index (κ3) is 2.52. The van der Waals surface area contributed by atoms with Crippen LogP contribution < -0.4 is 14.8 Å². The first kappa shape index (κ1) is 13.4. The van der Waals surface area contributed by atoms with Crippen molar-refractivity contribution in [3.05, 3.63) is 23.8 Å². The number of hydrogen-bond acceptors (Lipinski definition) is 4. The summed E-state index contributed by atoms with van der Waals surface area (Å²) in [5.41, 5.74) is 0.327. The van der Waals surface area contributed by atoms with Crippen molar-refractivity contribution in [1.82, 2.24) is 5.32 Å². The molecule has 1 unspecified atom stereocenters. The van der Waals surface area contributed by atoms with Crippen LogP contribution in [0.25, 0.3) is 0 Å². The van der Waals surface area contributed by atoms with Crippen LogP contribution in [0.2, 0.25) is 0 Å². The summed E-state index contributed by atoms with van der Waals surface area (Å²) in [7, 11) is 0.